The van der Waals surface area contributed by atoms with Gasteiger partial charge in [0.1, 0.15) is 0 Å². The SMILES string of the molecule is CC(OC(=O)c1ccc(-n2cccc2)cc1)C(=O)Nc1ccc(Cl)cc1Cl. The van der Waals surface area contributed by atoms with Crippen molar-refractivity contribution in [3.8, 4) is 5.69 Å². The van der Waals surface area contributed by atoms with Crippen molar-refractivity contribution in [2.24, 2.45) is 0 Å². The molecular weight excluding hydrogens is 387 g/mol. The number of hydrogen-bond acceptors (Lipinski definition) is 3. The van der Waals surface area contributed by atoms with E-state index >= 15 is 0 Å². The third kappa shape index (κ3) is 4.70. The Morgan fingerprint density at radius 2 is 1.70 bits per heavy atom. The average molecular weight is 403 g/mol. The standard InChI is InChI=1S/C20H16Cl2N2O3/c1-13(19(25)23-18-9-6-15(21)12-17(18)22)27-20(26)14-4-7-16(8-5-14)24-10-2-3-11-24/h2-13H,1H3,(H,23,25). The molecule has 0 radical (unpaired) electrons. The molecule has 0 saturated heterocycles. The first kappa shape index (κ1) is 19.0. The Labute approximate surface area is 166 Å². The molecule has 2 aromatic carbocycles. The molecule has 1 unspecified atom stereocenters. The molecule has 0 aliphatic heterocycles. The fourth-order valence-electron chi connectivity index (χ4n) is 2.38. The number of hydrogen-bond donors (Lipinski definition) is 1. The van der Waals surface area contributed by atoms with Crippen LogP contribution in [0, 0.1) is 0 Å². The Kier molecular flexibility index (Phi) is 5.84. The predicted molar refractivity (Wildman–Crippen MR) is 106 cm³/mol. The van der Waals surface area contributed by atoms with Crippen molar-refractivity contribution in [3.05, 3.63) is 82.6 Å². The maximum absolute atomic E-state index is 12.3. The van der Waals surface area contributed by atoms with E-state index in [1.807, 2.05) is 29.1 Å². The van der Waals surface area contributed by atoms with Gasteiger partial charge in [0.25, 0.3) is 5.91 Å². The molecule has 0 aliphatic rings. The monoisotopic (exact) mass is 402 g/mol. The molecule has 5 nitrogen and oxygen atoms in total. The van der Waals surface area contributed by atoms with Crippen molar-refractivity contribution in [1.82, 2.24) is 4.57 Å². The summed E-state index contributed by atoms with van der Waals surface area (Å²) in [7, 11) is 0. The number of ether oxygens (including phenoxy) is 1. The number of nitrogens with one attached hydrogen (secondary N) is 1. The average Bonchev–Trinajstić information content (AvgIpc) is 3.18. The van der Waals surface area contributed by atoms with Gasteiger partial charge in [-0.3, -0.25) is 4.79 Å². The second-order valence-corrected chi connectivity index (χ2v) is 6.64. The zero-order valence-electron chi connectivity index (χ0n) is 14.4. The van der Waals surface area contributed by atoms with Gasteiger partial charge in [-0.05, 0) is 61.5 Å². The molecule has 27 heavy (non-hydrogen) atoms. The van der Waals surface area contributed by atoms with Crippen LogP contribution in [0.25, 0.3) is 5.69 Å². The molecule has 138 valence electrons. The summed E-state index contributed by atoms with van der Waals surface area (Å²) >= 11 is 11.9. The van der Waals surface area contributed by atoms with Crippen molar-refractivity contribution in [3.63, 3.8) is 0 Å². The smallest absolute Gasteiger partial charge is 0.338 e. The summed E-state index contributed by atoms with van der Waals surface area (Å²) in [6.07, 6.45) is 2.82. The van der Waals surface area contributed by atoms with Crippen LogP contribution in [0.2, 0.25) is 10.0 Å². The van der Waals surface area contributed by atoms with Crippen molar-refractivity contribution in [2.75, 3.05) is 5.32 Å². The Morgan fingerprint density at radius 3 is 2.33 bits per heavy atom. The summed E-state index contributed by atoms with van der Waals surface area (Å²) in [6.45, 7) is 1.49. The number of benzene rings is 2. The van der Waals surface area contributed by atoms with Crippen LogP contribution in [-0.2, 0) is 9.53 Å². The minimum Gasteiger partial charge on any atom is -0.449 e. The Hall–Kier alpha value is -2.76. The predicted octanol–water partition coefficient (Wildman–Crippen LogP) is 4.97. The van der Waals surface area contributed by atoms with Crippen LogP contribution >= 0.6 is 23.2 Å². The minimum absolute atomic E-state index is 0.301. The summed E-state index contributed by atoms with van der Waals surface area (Å²) in [5.74, 6) is -1.07. The second-order valence-electron chi connectivity index (χ2n) is 5.80. The number of carbonyl (C=O) groups excluding carboxylic acids is 2. The molecule has 7 heteroatoms. The molecule has 1 atom stereocenters. The van der Waals surface area contributed by atoms with Gasteiger partial charge < -0.3 is 14.6 Å². The fourth-order valence-corrected chi connectivity index (χ4v) is 2.84. The number of esters is 1. The van der Waals surface area contributed by atoms with Gasteiger partial charge in [0, 0.05) is 23.1 Å². The van der Waals surface area contributed by atoms with Gasteiger partial charge in [-0.25, -0.2) is 4.79 Å². The lowest BCUT2D eigenvalue weighted by Crippen LogP contribution is -2.30. The summed E-state index contributed by atoms with van der Waals surface area (Å²) < 4.78 is 7.16. The van der Waals surface area contributed by atoms with E-state index in [-0.39, 0.29) is 0 Å². The highest BCUT2D eigenvalue weighted by atomic mass is 35.5. The highest BCUT2D eigenvalue weighted by molar-refractivity contribution is 6.36. The Bertz CT molecular complexity index is 954. The lowest BCUT2D eigenvalue weighted by Gasteiger charge is -2.14. The van der Waals surface area contributed by atoms with Gasteiger partial charge in [0.05, 0.1) is 16.3 Å². The van der Waals surface area contributed by atoms with E-state index in [1.165, 1.54) is 13.0 Å². The van der Waals surface area contributed by atoms with Crippen LogP contribution < -0.4 is 5.32 Å². The second kappa shape index (κ2) is 8.29. The summed E-state index contributed by atoms with van der Waals surface area (Å²) in [5.41, 5.74) is 1.67. The number of rotatable bonds is 5. The van der Waals surface area contributed by atoms with Gasteiger partial charge in [-0.2, -0.15) is 0 Å². The molecule has 0 spiro atoms. The first-order valence-electron chi connectivity index (χ1n) is 8.14. The van der Waals surface area contributed by atoms with E-state index in [1.54, 1.807) is 36.4 Å². The molecule has 1 N–H and O–H groups in total. The number of carbonyl (C=O) groups is 2. The minimum atomic E-state index is -0.992. The van der Waals surface area contributed by atoms with E-state index in [4.69, 9.17) is 27.9 Å². The van der Waals surface area contributed by atoms with E-state index in [2.05, 4.69) is 5.32 Å². The highest BCUT2D eigenvalue weighted by Gasteiger charge is 2.20. The van der Waals surface area contributed by atoms with E-state index in [0.29, 0.717) is 21.3 Å². The third-order valence-electron chi connectivity index (χ3n) is 3.85. The van der Waals surface area contributed by atoms with Crippen LogP contribution in [0.15, 0.2) is 67.0 Å². The lowest BCUT2D eigenvalue weighted by molar-refractivity contribution is -0.123. The van der Waals surface area contributed by atoms with Gasteiger partial charge in [0.2, 0.25) is 0 Å². The van der Waals surface area contributed by atoms with Crippen LogP contribution in [0.4, 0.5) is 5.69 Å². The van der Waals surface area contributed by atoms with Crippen molar-refractivity contribution < 1.29 is 14.3 Å². The number of aromatic nitrogens is 1. The van der Waals surface area contributed by atoms with E-state index < -0.39 is 18.0 Å². The first-order valence-corrected chi connectivity index (χ1v) is 8.90. The normalized spacial score (nSPS) is 11.7. The molecule has 0 saturated carbocycles. The molecule has 0 aliphatic carbocycles. The Balaban J connectivity index is 1.62. The molecule has 1 amide bonds. The van der Waals surface area contributed by atoms with Gasteiger partial charge in [-0.15, -0.1) is 0 Å². The maximum atomic E-state index is 12.3. The molecule has 1 heterocycles. The quantitative estimate of drug-likeness (QED) is 0.612. The molecular formula is C20H16Cl2N2O3. The lowest BCUT2D eigenvalue weighted by atomic mass is 10.2. The third-order valence-corrected chi connectivity index (χ3v) is 4.40. The molecule has 1 aromatic heterocycles. The van der Waals surface area contributed by atoms with E-state index in [0.717, 1.165) is 5.69 Å². The molecule has 0 bridgehead atoms. The number of halogens is 2. The zero-order valence-corrected chi connectivity index (χ0v) is 15.9. The molecule has 0 fully saturated rings. The zero-order chi connectivity index (χ0) is 19.4. The van der Waals surface area contributed by atoms with Crippen molar-refractivity contribution >= 4 is 40.8 Å². The fraction of sp³-hybridized carbons (Fsp3) is 0.100. The topological polar surface area (TPSA) is 60.3 Å². The number of amides is 1. The summed E-state index contributed by atoms with van der Waals surface area (Å²) in [6, 6.07) is 15.4. The van der Waals surface area contributed by atoms with Gasteiger partial charge >= 0.3 is 5.97 Å². The molecule has 3 aromatic rings. The Morgan fingerprint density at radius 1 is 1.04 bits per heavy atom. The van der Waals surface area contributed by atoms with E-state index in [9.17, 15) is 9.59 Å². The van der Waals surface area contributed by atoms with Crippen molar-refractivity contribution in [2.45, 2.75) is 13.0 Å². The van der Waals surface area contributed by atoms with Gasteiger partial charge in [0.15, 0.2) is 6.10 Å². The largest absolute Gasteiger partial charge is 0.449 e. The molecule has 3 rings (SSSR count). The van der Waals surface area contributed by atoms with Crippen LogP contribution in [-0.4, -0.2) is 22.5 Å². The maximum Gasteiger partial charge on any atom is 0.338 e. The number of anilines is 1. The number of nitrogens with zero attached hydrogens (tertiary/aromatic N) is 1. The van der Waals surface area contributed by atoms with Crippen LogP contribution in [0.3, 0.4) is 0 Å². The summed E-state index contributed by atoms with van der Waals surface area (Å²) in [4.78, 5) is 24.5. The van der Waals surface area contributed by atoms with Gasteiger partial charge in [-0.1, -0.05) is 23.2 Å². The first-order chi connectivity index (χ1) is 12.9. The van der Waals surface area contributed by atoms with Crippen LogP contribution in [0.5, 0.6) is 0 Å². The summed E-state index contributed by atoms with van der Waals surface area (Å²) in [5, 5.41) is 3.37. The van der Waals surface area contributed by atoms with Crippen molar-refractivity contribution in [1.29, 1.82) is 0 Å². The highest BCUT2D eigenvalue weighted by Crippen LogP contribution is 2.25. The van der Waals surface area contributed by atoms with Crippen LogP contribution in [0.1, 0.15) is 17.3 Å².